The van der Waals surface area contributed by atoms with Gasteiger partial charge in [-0.1, -0.05) is 18.2 Å². The minimum Gasteiger partial charge on any atom is -0.507 e. The standard InChI is InChI=1S/C16H16N2O3/c1-11-5-3-4-6-14(11)16(20)18-17-10-12-7-8-13(21-2)9-15(12)19/h3-10,19H,1-2H3,(H,18,20)/b17-10+. The molecule has 0 saturated carbocycles. The maximum atomic E-state index is 11.9. The van der Waals surface area contributed by atoms with Crippen LogP contribution in [0.15, 0.2) is 47.6 Å². The van der Waals surface area contributed by atoms with Crippen LogP contribution in [0.4, 0.5) is 0 Å². The van der Waals surface area contributed by atoms with Crippen LogP contribution in [0.25, 0.3) is 0 Å². The zero-order valence-corrected chi connectivity index (χ0v) is 11.8. The van der Waals surface area contributed by atoms with Crippen LogP contribution in [0.3, 0.4) is 0 Å². The number of rotatable bonds is 4. The van der Waals surface area contributed by atoms with Crippen molar-refractivity contribution in [3.05, 3.63) is 59.2 Å². The number of phenols is 1. The molecule has 2 rings (SSSR count). The Hall–Kier alpha value is -2.82. The van der Waals surface area contributed by atoms with E-state index in [1.54, 1.807) is 24.3 Å². The summed E-state index contributed by atoms with van der Waals surface area (Å²) in [6.07, 6.45) is 1.38. The van der Waals surface area contributed by atoms with Gasteiger partial charge < -0.3 is 9.84 Å². The van der Waals surface area contributed by atoms with E-state index in [0.29, 0.717) is 16.9 Å². The van der Waals surface area contributed by atoms with Crippen molar-refractivity contribution in [2.75, 3.05) is 7.11 Å². The van der Waals surface area contributed by atoms with Crippen LogP contribution in [0.2, 0.25) is 0 Å². The van der Waals surface area contributed by atoms with Crippen LogP contribution < -0.4 is 10.2 Å². The highest BCUT2D eigenvalue weighted by molar-refractivity contribution is 5.96. The number of carbonyl (C=O) groups excluding carboxylic acids is 1. The molecule has 0 heterocycles. The van der Waals surface area contributed by atoms with Crippen LogP contribution in [-0.4, -0.2) is 24.3 Å². The first-order chi connectivity index (χ1) is 10.1. The molecule has 2 aromatic rings. The van der Waals surface area contributed by atoms with E-state index in [-0.39, 0.29) is 11.7 Å². The number of amides is 1. The van der Waals surface area contributed by atoms with Crippen LogP contribution in [0.5, 0.6) is 11.5 Å². The van der Waals surface area contributed by atoms with Gasteiger partial charge in [0, 0.05) is 17.2 Å². The van der Waals surface area contributed by atoms with E-state index < -0.39 is 0 Å². The lowest BCUT2D eigenvalue weighted by Gasteiger charge is -2.04. The van der Waals surface area contributed by atoms with Crippen molar-refractivity contribution < 1.29 is 14.6 Å². The first kappa shape index (κ1) is 14.6. The molecule has 2 N–H and O–H groups in total. The van der Waals surface area contributed by atoms with E-state index in [4.69, 9.17) is 4.74 Å². The van der Waals surface area contributed by atoms with Gasteiger partial charge in [-0.25, -0.2) is 5.43 Å². The maximum Gasteiger partial charge on any atom is 0.271 e. The summed E-state index contributed by atoms with van der Waals surface area (Å²) < 4.78 is 4.99. The van der Waals surface area contributed by atoms with Crippen molar-refractivity contribution >= 4 is 12.1 Å². The second-order valence-electron chi connectivity index (χ2n) is 4.44. The number of nitrogens with zero attached hydrogens (tertiary/aromatic N) is 1. The molecule has 0 unspecified atom stereocenters. The number of aryl methyl sites for hydroxylation is 1. The second-order valence-corrected chi connectivity index (χ2v) is 4.44. The van der Waals surface area contributed by atoms with Gasteiger partial charge in [-0.3, -0.25) is 4.79 Å². The second kappa shape index (κ2) is 6.56. The van der Waals surface area contributed by atoms with Crippen LogP contribution in [0, 0.1) is 6.92 Å². The molecule has 0 spiro atoms. The highest BCUT2D eigenvalue weighted by Gasteiger charge is 2.06. The Morgan fingerprint density at radius 2 is 2.05 bits per heavy atom. The first-order valence-electron chi connectivity index (χ1n) is 6.38. The smallest absolute Gasteiger partial charge is 0.271 e. The van der Waals surface area contributed by atoms with Gasteiger partial charge in [-0.15, -0.1) is 0 Å². The number of hydrogen-bond acceptors (Lipinski definition) is 4. The Morgan fingerprint density at radius 1 is 1.29 bits per heavy atom. The van der Waals surface area contributed by atoms with Crippen molar-refractivity contribution in [1.29, 1.82) is 0 Å². The molecule has 5 heteroatoms. The third kappa shape index (κ3) is 3.60. The van der Waals surface area contributed by atoms with E-state index >= 15 is 0 Å². The molecule has 108 valence electrons. The van der Waals surface area contributed by atoms with Gasteiger partial charge in [-0.05, 0) is 30.7 Å². The number of benzene rings is 2. The average Bonchev–Trinajstić information content (AvgIpc) is 2.49. The van der Waals surface area contributed by atoms with Gasteiger partial charge in [0.05, 0.1) is 13.3 Å². The molecule has 2 aromatic carbocycles. The van der Waals surface area contributed by atoms with Gasteiger partial charge >= 0.3 is 0 Å². The highest BCUT2D eigenvalue weighted by atomic mass is 16.5. The molecular weight excluding hydrogens is 268 g/mol. The van der Waals surface area contributed by atoms with E-state index in [1.807, 2.05) is 19.1 Å². The third-order valence-corrected chi connectivity index (χ3v) is 3.00. The molecule has 0 fully saturated rings. The molecule has 21 heavy (non-hydrogen) atoms. The largest absolute Gasteiger partial charge is 0.507 e. The molecule has 5 nitrogen and oxygen atoms in total. The molecule has 0 atom stereocenters. The molecule has 0 radical (unpaired) electrons. The first-order valence-corrected chi connectivity index (χ1v) is 6.38. The fourth-order valence-corrected chi connectivity index (χ4v) is 1.81. The van der Waals surface area contributed by atoms with Crippen molar-refractivity contribution in [2.24, 2.45) is 5.10 Å². The number of aromatic hydroxyl groups is 1. The summed E-state index contributed by atoms with van der Waals surface area (Å²) in [5, 5.41) is 13.6. The number of phenolic OH excluding ortho intramolecular Hbond substituents is 1. The summed E-state index contributed by atoms with van der Waals surface area (Å²) >= 11 is 0. The van der Waals surface area contributed by atoms with Crippen molar-refractivity contribution in [3.8, 4) is 11.5 Å². The minimum absolute atomic E-state index is 0.0308. The lowest BCUT2D eigenvalue weighted by Crippen LogP contribution is -2.18. The normalized spacial score (nSPS) is 10.6. The molecule has 0 aliphatic carbocycles. The Bertz CT molecular complexity index is 681. The Labute approximate surface area is 122 Å². The summed E-state index contributed by atoms with van der Waals surface area (Å²) in [5.41, 5.74) is 4.36. The van der Waals surface area contributed by atoms with E-state index in [9.17, 15) is 9.90 Å². The predicted octanol–water partition coefficient (Wildman–Crippen LogP) is 2.47. The number of carbonyl (C=O) groups is 1. The fourth-order valence-electron chi connectivity index (χ4n) is 1.81. The van der Waals surface area contributed by atoms with Crippen LogP contribution >= 0.6 is 0 Å². The topological polar surface area (TPSA) is 70.9 Å². The quantitative estimate of drug-likeness (QED) is 0.669. The van der Waals surface area contributed by atoms with Gasteiger partial charge in [0.25, 0.3) is 5.91 Å². The Kier molecular flexibility index (Phi) is 4.56. The Balaban J connectivity index is 2.06. The third-order valence-electron chi connectivity index (χ3n) is 3.00. The van der Waals surface area contributed by atoms with E-state index in [0.717, 1.165) is 5.56 Å². The summed E-state index contributed by atoms with van der Waals surface area (Å²) in [6.45, 7) is 1.86. The highest BCUT2D eigenvalue weighted by Crippen LogP contribution is 2.21. The average molecular weight is 284 g/mol. The number of hydrogen-bond donors (Lipinski definition) is 2. The van der Waals surface area contributed by atoms with Gasteiger partial charge in [-0.2, -0.15) is 5.10 Å². The van der Waals surface area contributed by atoms with Crippen molar-refractivity contribution in [3.63, 3.8) is 0 Å². The zero-order valence-electron chi connectivity index (χ0n) is 11.8. The molecule has 0 aromatic heterocycles. The van der Waals surface area contributed by atoms with Crippen LogP contribution in [-0.2, 0) is 0 Å². The summed E-state index contributed by atoms with van der Waals surface area (Å²) in [5.74, 6) is 0.286. The van der Waals surface area contributed by atoms with Crippen molar-refractivity contribution in [2.45, 2.75) is 6.92 Å². The minimum atomic E-state index is -0.294. The number of methoxy groups -OCH3 is 1. The SMILES string of the molecule is COc1ccc(/C=N/NC(=O)c2ccccc2C)c(O)c1. The lowest BCUT2D eigenvalue weighted by atomic mass is 10.1. The summed E-state index contributed by atoms with van der Waals surface area (Å²) in [7, 11) is 1.52. The lowest BCUT2D eigenvalue weighted by molar-refractivity contribution is 0.0954. The van der Waals surface area contributed by atoms with Gasteiger partial charge in [0.1, 0.15) is 11.5 Å². The predicted molar refractivity (Wildman–Crippen MR) is 80.9 cm³/mol. The molecule has 0 saturated heterocycles. The molecular formula is C16H16N2O3. The fraction of sp³-hybridized carbons (Fsp3) is 0.125. The molecule has 1 amide bonds. The van der Waals surface area contributed by atoms with Gasteiger partial charge in [0.15, 0.2) is 0 Å². The molecule has 0 aliphatic rings. The molecule has 0 aliphatic heterocycles. The monoisotopic (exact) mass is 284 g/mol. The van der Waals surface area contributed by atoms with E-state index in [1.165, 1.54) is 19.4 Å². The molecule has 0 bridgehead atoms. The van der Waals surface area contributed by atoms with Crippen molar-refractivity contribution in [1.82, 2.24) is 5.43 Å². The summed E-state index contributed by atoms with van der Waals surface area (Å²) in [4.78, 5) is 11.9. The van der Waals surface area contributed by atoms with Gasteiger partial charge in [0.2, 0.25) is 0 Å². The number of ether oxygens (including phenoxy) is 1. The number of nitrogens with one attached hydrogen (secondary N) is 1. The zero-order chi connectivity index (χ0) is 15.2. The number of hydrazone groups is 1. The Morgan fingerprint density at radius 3 is 2.71 bits per heavy atom. The maximum absolute atomic E-state index is 11.9. The van der Waals surface area contributed by atoms with Crippen LogP contribution in [0.1, 0.15) is 21.5 Å². The summed E-state index contributed by atoms with van der Waals surface area (Å²) in [6, 6.07) is 12.1. The van der Waals surface area contributed by atoms with E-state index in [2.05, 4.69) is 10.5 Å².